The van der Waals surface area contributed by atoms with Gasteiger partial charge in [0.2, 0.25) is 0 Å². The Balaban J connectivity index is 2.45. The van der Waals surface area contributed by atoms with Gasteiger partial charge in [0, 0.05) is 0 Å². The van der Waals surface area contributed by atoms with Crippen molar-refractivity contribution in [3.63, 3.8) is 0 Å². The summed E-state index contributed by atoms with van der Waals surface area (Å²) in [6, 6.07) is 7.23. The van der Waals surface area contributed by atoms with Crippen molar-refractivity contribution in [2.75, 3.05) is 27.3 Å². The zero-order valence-electron chi connectivity index (χ0n) is 12.6. The van der Waals surface area contributed by atoms with Crippen LogP contribution in [0.25, 0.3) is 0 Å². The highest BCUT2D eigenvalue weighted by Crippen LogP contribution is 2.68. The number of hydrogen-bond acceptors (Lipinski definition) is 5. The summed E-state index contributed by atoms with van der Waals surface area (Å²) in [4.78, 5) is 0. The largest absolute Gasteiger partial charge is 0.459 e. The molecule has 0 N–H and O–H groups in total. The first-order valence-electron chi connectivity index (χ1n) is 6.63. The standard InChI is InChI=1S/C12H20N2O5P2/c1-5-16-21(15,17-6-2)13-20(14(3)4)18-11-9-7-8-10-12(11)19-20/h7-10H,5-6H2,1-4H3. The maximum absolute atomic E-state index is 12.7. The van der Waals surface area contributed by atoms with Crippen LogP contribution in [-0.2, 0) is 13.6 Å². The molecule has 0 saturated carbocycles. The Morgan fingerprint density at radius 3 is 2.00 bits per heavy atom. The summed E-state index contributed by atoms with van der Waals surface area (Å²) in [5.41, 5.74) is 0. The van der Waals surface area contributed by atoms with Crippen molar-refractivity contribution in [1.82, 2.24) is 4.67 Å². The highest BCUT2D eigenvalue weighted by Gasteiger charge is 2.41. The molecule has 1 aromatic rings. The maximum Gasteiger partial charge on any atom is 0.459 e. The molecule has 9 heteroatoms. The molecule has 0 aliphatic carbocycles. The molecule has 0 radical (unpaired) electrons. The Morgan fingerprint density at radius 1 is 1.14 bits per heavy atom. The lowest BCUT2D eigenvalue weighted by molar-refractivity contribution is 0.220. The summed E-state index contributed by atoms with van der Waals surface area (Å²) >= 11 is 0. The quantitative estimate of drug-likeness (QED) is 0.728. The molecule has 0 bridgehead atoms. The predicted octanol–water partition coefficient (Wildman–Crippen LogP) is 4.15. The van der Waals surface area contributed by atoms with Crippen molar-refractivity contribution in [1.29, 1.82) is 0 Å². The predicted molar refractivity (Wildman–Crippen MR) is 81.6 cm³/mol. The van der Waals surface area contributed by atoms with E-state index in [9.17, 15) is 4.57 Å². The van der Waals surface area contributed by atoms with E-state index in [0.29, 0.717) is 11.5 Å². The van der Waals surface area contributed by atoms with Crippen LogP contribution in [0.2, 0.25) is 0 Å². The highest BCUT2D eigenvalue weighted by atomic mass is 31.2. The van der Waals surface area contributed by atoms with Crippen LogP contribution in [-0.4, -0.2) is 32.0 Å². The van der Waals surface area contributed by atoms with Gasteiger partial charge in [-0.1, -0.05) is 12.1 Å². The van der Waals surface area contributed by atoms with Gasteiger partial charge in [0.15, 0.2) is 11.5 Å². The summed E-state index contributed by atoms with van der Waals surface area (Å²) in [5, 5.41) is 0. The Bertz CT molecular complexity index is 566. The van der Waals surface area contributed by atoms with Crippen LogP contribution in [0.3, 0.4) is 0 Å². The molecule has 0 atom stereocenters. The minimum atomic E-state index is -3.63. The van der Waals surface area contributed by atoms with Gasteiger partial charge >= 0.3 is 15.4 Å². The van der Waals surface area contributed by atoms with Gasteiger partial charge in [0.1, 0.15) is 0 Å². The maximum atomic E-state index is 12.7. The van der Waals surface area contributed by atoms with E-state index in [4.69, 9.17) is 18.1 Å². The van der Waals surface area contributed by atoms with Crippen LogP contribution in [0.5, 0.6) is 11.5 Å². The number of fused-ring (bicyclic) bond motifs is 1. The van der Waals surface area contributed by atoms with E-state index in [2.05, 4.69) is 4.52 Å². The lowest BCUT2D eigenvalue weighted by atomic mass is 10.3. The van der Waals surface area contributed by atoms with E-state index < -0.39 is 15.4 Å². The molecule has 0 aromatic heterocycles. The van der Waals surface area contributed by atoms with E-state index in [-0.39, 0.29) is 13.2 Å². The monoisotopic (exact) mass is 334 g/mol. The number of nitrogens with zero attached hydrogens (tertiary/aromatic N) is 2. The minimum Gasteiger partial charge on any atom is -0.415 e. The molecule has 1 aliphatic heterocycles. The number of para-hydroxylation sites is 2. The van der Waals surface area contributed by atoms with Crippen LogP contribution in [0.4, 0.5) is 0 Å². The van der Waals surface area contributed by atoms with Gasteiger partial charge in [-0.15, -0.1) is 4.52 Å². The third-order valence-corrected chi connectivity index (χ3v) is 7.43. The molecule has 0 amide bonds. The van der Waals surface area contributed by atoms with Crippen molar-refractivity contribution in [3.8, 4) is 11.5 Å². The van der Waals surface area contributed by atoms with Gasteiger partial charge < -0.3 is 9.05 Å². The lowest BCUT2D eigenvalue weighted by Crippen LogP contribution is -2.14. The first-order chi connectivity index (χ1) is 9.95. The fourth-order valence-electron chi connectivity index (χ4n) is 1.71. The van der Waals surface area contributed by atoms with E-state index in [1.165, 1.54) is 0 Å². The van der Waals surface area contributed by atoms with Crippen molar-refractivity contribution in [3.05, 3.63) is 24.3 Å². The van der Waals surface area contributed by atoms with Gasteiger partial charge in [-0.3, -0.25) is 9.05 Å². The number of benzene rings is 1. The van der Waals surface area contributed by atoms with Gasteiger partial charge in [0.05, 0.1) is 13.2 Å². The molecule has 0 saturated heterocycles. The molecule has 118 valence electrons. The Morgan fingerprint density at radius 2 is 1.62 bits per heavy atom. The van der Waals surface area contributed by atoms with Gasteiger partial charge in [-0.25, -0.2) is 9.24 Å². The van der Waals surface area contributed by atoms with Crippen LogP contribution in [0, 0.1) is 0 Å². The van der Waals surface area contributed by atoms with E-state index >= 15 is 0 Å². The number of hydrogen-bond donors (Lipinski definition) is 0. The molecule has 1 aromatic carbocycles. The second-order valence-corrected chi connectivity index (χ2v) is 8.68. The molecular formula is C12H20N2O5P2. The van der Waals surface area contributed by atoms with Crippen molar-refractivity contribution < 1.29 is 22.7 Å². The zero-order chi connectivity index (χ0) is 15.5. The summed E-state index contributed by atoms with van der Waals surface area (Å²) < 4.78 is 40.7. The molecule has 0 unspecified atom stereocenters. The third-order valence-electron chi connectivity index (χ3n) is 2.60. The van der Waals surface area contributed by atoms with Crippen LogP contribution < -0.4 is 9.05 Å². The second-order valence-electron chi connectivity index (χ2n) is 4.36. The van der Waals surface area contributed by atoms with E-state index in [0.717, 1.165) is 0 Å². The Hall–Kier alpha value is -0.840. The van der Waals surface area contributed by atoms with E-state index in [1.54, 1.807) is 44.7 Å². The average molecular weight is 334 g/mol. The molecule has 0 spiro atoms. The van der Waals surface area contributed by atoms with Crippen molar-refractivity contribution in [2.24, 2.45) is 4.52 Å². The average Bonchev–Trinajstić information content (AvgIpc) is 2.78. The molecule has 0 fully saturated rings. The summed E-state index contributed by atoms with van der Waals surface area (Å²) in [5.74, 6) is 1.14. The molecule has 1 aliphatic rings. The normalized spacial score (nSPS) is 16.2. The molecular weight excluding hydrogens is 314 g/mol. The van der Waals surface area contributed by atoms with Crippen molar-refractivity contribution in [2.45, 2.75) is 13.8 Å². The fourth-order valence-corrected chi connectivity index (χ4v) is 6.07. The highest BCUT2D eigenvalue weighted by molar-refractivity contribution is 7.65. The first-order valence-corrected chi connectivity index (χ1v) is 9.66. The SMILES string of the molecule is CCOP(=O)(N=P1(N(C)C)Oc2ccccc2O1)OCC. The molecule has 21 heavy (non-hydrogen) atoms. The first kappa shape index (κ1) is 16.5. The van der Waals surface area contributed by atoms with Crippen LogP contribution in [0.1, 0.15) is 13.8 Å². The van der Waals surface area contributed by atoms with Crippen LogP contribution >= 0.6 is 15.4 Å². The Labute approximate surface area is 125 Å². The fraction of sp³-hybridized carbons (Fsp3) is 0.500. The Kier molecular flexibility index (Phi) is 5.12. The summed E-state index contributed by atoms with van der Waals surface area (Å²) in [7, 11) is -3.06. The van der Waals surface area contributed by atoms with Crippen LogP contribution in [0.15, 0.2) is 28.8 Å². The second kappa shape index (κ2) is 6.51. The summed E-state index contributed by atoms with van der Waals surface area (Å²) in [6.07, 6.45) is 0. The van der Waals surface area contributed by atoms with Gasteiger partial charge in [-0.05, 0) is 40.1 Å². The lowest BCUT2D eigenvalue weighted by Gasteiger charge is -2.24. The molecule has 2 rings (SSSR count). The molecule has 1 heterocycles. The number of rotatable bonds is 6. The van der Waals surface area contributed by atoms with Gasteiger partial charge in [-0.2, -0.15) is 0 Å². The molecule has 7 nitrogen and oxygen atoms in total. The van der Waals surface area contributed by atoms with E-state index in [1.807, 2.05) is 12.1 Å². The third kappa shape index (κ3) is 3.50. The minimum absolute atomic E-state index is 0.223. The van der Waals surface area contributed by atoms with Gasteiger partial charge in [0.25, 0.3) is 0 Å². The summed E-state index contributed by atoms with van der Waals surface area (Å²) in [6.45, 7) is 3.91. The smallest absolute Gasteiger partial charge is 0.415 e. The zero-order valence-corrected chi connectivity index (χ0v) is 14.3. The van der Waals surface area contributed by atoms with Crippen molar-refractivity contribution >= 4 is 15.4 Å². The topological polar surface area (TPSA) is 69.6 Å².